The predicted molar refractivity (Wildman–Crippen MR) is 156 cm³/mol. The molecule has 218 valence electrons. The summed E-state index contributed by atoms with van der Waals surface area (Å²) in [4.78, 5) is 30.0. The first-order chi connectivity index (χ1) is 19.4. The number of likely N-dealkylation sites (tertiary alicyclic amines) is 1. The maximum absolute atomic E-state index is 15.7. The number of piperidine rings is 1. The zero-order valence-corrected chi connectivity index (χ0v) is 24.8. The Morgan fingerprint density at radius 3 is 2.73 bits per heavy atom. The largest absolute Gasteiger partial charge is 0.465 e. The Bertz CT molecular complexity index is 1430. The van der Waals surface area contributed by atoms with Crippen molar-refractivity contribution in [1.29, 1.82) is 0 Å². The van der Waals surface area contributed by atoms with Crippen molar-refractivity contribution in [1.82, 2.24) is 20.4 Å². The van der Waals surface area contributed by atoms with Gasteiger partial charge in [-0.15, -0.1) is 22.0 Å². The second-order valence-electron chi connectivity index (χ2n) is 11.5. The van der Waals surface area contributed by atoms with Crippen molar-refractivity contribution in [2.45, 2.75) is 55.8 Å². The number of carbonyl (C=O) groups excluding carboxylic acids is 1. The van der Waals surface area contributed by atoms with Gasteiger partial charge in [-0.2, -0.15) is 0 Å². The van der Waals surface area contributed by atoms with Gasteiger partial charge in [0, 0.05) is 33.3 Å². The smallest absolute Gasteiger partial charge is 0.405 e. The van der Waals surface area contributed by atoms with E-state index in [9.17, 15) is 14.7 Å². The number of carboxylic acid groups (broad SMARTS) is 1. The van der Waals surface area contributed by atoms with Crippen molar-refractivity contribution >= 4 is 41.1 Å². The normalized spacial score (nSPS) is 21.8. The van der Waals surface area contributed by atoms with Gasteiger partial charge in [-0.25, -0.2) is 9.18 Å². The van der Waals surface area contributed by atoms with Crippen LogP contribution in [0.4, 0.5) is 14.9 Å². The molecule has 0 radical (unpaired) electrons. The molecule has 2 aliphatic heterocycles. The molecule has 0 bridgehead atoms. The Hall–Kier alpha value is -3.15. The number of rotatable bonds is 7. The number of fused-ring (bicyclic) bond motifs is 1. The molecule has 1 saturated heterocycles. The van der Waals surface area contributed by atoms with E-state index in [-0.39, 0.29) is 30.8 Å². The number of hydrogen-bond acceptors (Lipinski definition) is 7. The molecule has 1 aromatic heterocycles. The average molecular weight is 602 g/mol. The molecule has 2 amide bonds. The molecule has 1 unspecified atom stereocenters. The summed E-state index contributed by atoms with van der Waals surface area (Å²) in [7, 11) is 1.87. The monoisotopic (exact) mass is 601 g/mol. The second-order valence-corrected chi connectivity index (χ2v) is 13.0. The lowest BCUT2D eigenvalue weighted by Crippen LogP contribution is -2.47. The Balaban J connectivity index is 1.49. The van der Waals surface area contributed by atoms with Gasteiger partial charge in [0.1, 0.15) is 0 Å². The lowest BCUT2D eigenvalue weighted by molar-refractivity contribution is -0.122. The minimum Gasteiger partial charge on any atom is -0.465 e. The molecule has 41 heavy (non-hydrogen) atoms. The Kier molecular flexibility index (Phi) is 8.31. The number of halogens is 2. The molecule has 2 atom stereocenters. The van der Waals surface area contributed by atoms with Crippen molar-refractivity contribution in [2.75, 3.05) is 30.8 Å². The maximum Gasteiger partial charge on any atom is 0.405 e. The number of carbonyl (C=O) groups is 2. The van der Waals surface area contributed by atoms with E-state index in [4.69, 9.17) is 16.0 Å². The van der Waals surface area contributed by atoms with Gasteiger partial charge in [-0.05, 0) is 82.6 Å². The number of amides is 2. The van der Waals surface area contributed by atoms with Crippen LogP contribution in [-0.2, 0) is 17.0 Å². The summed E-state index contributed by atoms with van der Waals surface area (Å²) in [5.74, 6) is 0.0583. The minimum absolute atomic E-state index is 0.0364. The number of thioether (sulfide) groups is 1. The third-order valence-corrected chi connectivity index (χ3v) is 8.93. The molecule has 0 saturated carbocycles. The van der Waals surface area contributed by atoms with E-state index < -0.39 is 23.2 Å². The van der Waals surface area contributed by atoms with Crippen LogP contribution in [-0.4, -0.2) is 63.6 Å². The molecule has 3 heterocycles. The van der Waals surface area contributed by atoms with Crippen LogP contribution in [0.3, 0.4) is 0 Å². The van der Waals surface area contributed by atoms with Crippen LogP contribution < -0.4 is 10.2 Å². The Morgan fingerprint density at radius 2 is 2.02 bits per heavy atom. The molecular formula is C29H33ClFN5O4S. The molecule has 5 rings (SSSR count). The molecule has 9 nitrogen and oxygen atoms in total. The molecule has 1 fully saturated rings. The van der Waals surface area contributed by atoms with Crippen LogP contribution in [0.1, 0.15) is 44.6 Å². The molecular weight excluding hydrogens is 569 g/mol. The number of benzene rings is 2. The van der Waals surface area contributed by atoms with Crippen LogP contribution >= 0.6 is 23.4 Å². The highest BCUT2D eigenvalue weighted by molar-refractivity contribution is 7.99. The van der Waals surface area contributed by atoms with Crippen molar-refractivity contribution in [3.8, 4) is 11.5 Å². The lowest BCUT2D eigenvalue weighted by atomic mass is 9.90. The van der Waals surface area contributed by atoms with E-state index in [1.165, 1.54) is 11.8 Å². The number of alkyl halides is 1. The molecule has 2 N–H and O–H groups in total. The second kappa shape index (κ2) is 11.6. The number of likely N-dealkylation sites (N-methyl/N-ethyl adjacent to an activating group) is 1. The zero-order chi connectivity index (χ0) is 29.4. The van der Waals surface area contributed by atoms with Gasteiger partial charge < -0.3 is 24.6 Å². The first kappa shape index (κ1) is 29.3. The molecule has 3 aromatic rings. The standard InChI is InChI=1S/C29H33ClFN5O4S/c1-28(2,32-27(38)39)14-20-16-41-23-10-7-19(24-33-34-26(40-24)29(31)11-4-12-35(3)17-29)13-22(23)36(25(20)37)15-18-5-8-21(30)9-6-18/h5-10,13,20,32H,4,11-12,14-17H2,1-3H3,(H,38,39)/t20-,29?/m0/s1. The number of aromatic nitrogens is 2. The summed E-state index contributed by atoms with van der Waals surface area (Å²) in [6.45, 7) is 4.83. The van der Waals surface area contributed by atoms with E-state index in [1.54, 1.807) is 30.9 Å². The van der Waals surface area contributed by atoms with Crippen molar-refractivity contribution in [2.24, 2.45) is 5.92 Å². The lowest BCUT2D eigenvalue weighted by Gasteiger charge is -2.32. The van der Waals surface area contributed by atoms with E-state index in [1.807, 2.05) is 42.3 Å². The fraction of sp³-hybridized carbons (Fsp3) is 0.448. The third kappa shape index (κ3) is 6.68. The fourth-order valence-corrected chi connectivity index (χ4v) is 6.78. The Labute approximate surface area is 247 Å². The summed E-state index contributed by atoms with van der Waals surface area (Å²) in [6.07, 6.45) is 0.201. The van der Waals surface area contributed by atoms with Crippen LogP contribution in [0, 0.1) is 5.92 Å². The molecule has 12 heteroatoms. The van der Waals surface area contributed by atoms with Crippen LogP contribution in [0.15, 0.2) is 51.8 Å². The molecule has 2 aromatic carbocycles. The number of nitrogens with one attached hydrogen (secondary N) is 1. The number of nitrogens with zero attached hydrogens (tertiary/aromatic N) is 4. The van der Waals surface area contributed by atoms with E-state index >= 15 is 4.39 Å². The van der Waals surface area contributed by atoms with Gasteiger partial charge in [-0.3, -0.25) is 4.79 Å². The van der Waals surface area contributed by atoms with E-state index in [2.05, 4.69) is 15.5 Å². The first-order valence-corrected chi connectivity index (χ1v) is 14.8. The zero-order valence-electron chi connectivity index (χ0n) is 23.2. The third-order valence-electron chi connectivity index (χ3n) is 7.45. The summed E-state index contributed by atoms with van der Waals surface area (Å²) in [5, 5.41) is 20.7. The molecule has 2 aliphatic rings. The predicted octanol–water partition coefficient (Wildman–Crippen LogP) is 5.97. The summed E-state index contributed by atoms with van der Waals surface area (Å²) in [5.41, 5.74) is -0.383. The van der Waals surface area contributed by atoms with Gasteiger partial charge in [0.25, 0.3) is 5.89 Å². The fourth-order valence-electron chi connectivity index (χ4n) is 5.53. The van der Waals surface area contributed by atoms with Gasteiger partial charge in [0.2, 0.25) is 17.5 Å². The van der Waals surface area contributed by atoms with E-state index in [0.29, 0.717) is 41.3 Å². The number of anilines is 1. The van der Waals surface area contributed by atoms with Gasteiger partial charge in [-0.1, -0.05) is 23.7 Å². The Morgan fingerprint density at radius 1 is 1.27 bits per heavy atom. The SMILES string of the molecule is CN1CCCC(F)(c2nnc(-c3ccc4c(c3)N(Cc3ccc(Cl)cc3)C(=O)[C@@H](CC(C)(C)NC(=O)O)CS4)o2)C1. The highest BCUT2D eigenvalue weighted by Gasteiger charge is 2.41. The highest BCUT2D eigenvalue weighted by Crippen LogP contribution is 2.42. The van der Waals surface area contributed by atoms with Crippen molar-refractivity contribution in [3.05, 3.63) is 58.9 Å². The summed E-state index contributed by atoms with van der Waals surface area (Å²) < 4.78 is 21.6. The maximum atomic E-state index is 15.7. The van der Waals surface area contributed by atoms with E-state index in [0.717, 1.165) is 17.0 Å². The molecule has 0 spiro atoms. The summed E-state index contributed by atoms with van der Waals surface area (Å²) in [6, 6.07) is 12.9. The first-order valence-electron chi connectivity index (χ1n) is 13.5. The van der Waals surface area contributed by atoms with Gasteiger partial charge in [0.15, 0.2) is 0 Å². The van der Waals surface area contributed by atoms with Crippen molar-refractivity contribution in [3.63, 3.8) is 0 Å². The quantitative estimate of drug-likeness (QED) is 0.341. The van der Waals surface area contributed by atoms with Crippen LogP contribution in [0.25, 0.3) is 11.5 Å². The van der Waals surface area contributed by atoms with Crippen molar-refractivity contribution < 1.29 is 23.5 Å². The van der Waals surface area contributed by atoms with Crippen LogP contribution in [0.5, 0.6) is 0 Å². The summed E-state index contributed by atoms with van der Waals surface area (Å²) >= 11 is 7.64. The number of hydrogen-bond donors (Lipinski definition) is 2. The highest BCUT2D eigenvalue weighted by atomic mass is 35.5. The minimum atomic E-state index is -1.71. The van der Waals surface area contributed by atoms with Gasteiger partial charge in [0.05, 0.1) is 18.2 Å². The molecule has 0 aliphatic carbocycles. The van der Waals surface area contributed by atoms with Crippen LogP contribution in [0.2, 0.25) is 5.02 Å². The van der Waals surface area contributed by atoms with Gasteiger partial charge >= 0.3 is 6.09 Å². The average Bonchev–Trinajstić information content (AvgIpc) is 3.37. The topological polar surface area (TPSA) is 112 Å².